The third-order valence-electron chi connectivity index (χ3n) is 8.67. The quantitative estimate of drug-likeness (QED) is 0.144. The van der Waals surface area contributed by atoms with E-state index in [1.807, 2.05) is 79.0 Å². The van der Waals surface area contributed by atoms with Crippen LogP contribution in [-0.2, 0) is 4.79 Å². The van der Waals surface area contributed by atoms with Crippen molar-refractivity contribution in [2.45, 2.75) is 39.8 Å². The van der Waals surface area contributed by atoms with Crippen molar-refractivity contribution >= 4 is 40.3 Å². The van der Waals surface area contributed by atoms with Crippen LogP contribution in [0.3, 0.4) is 0 Å². The van der Waals surface area contributed by atoms with E-state index in [1.165, 1.54) is 5.69 Å². The Labute approximate surface area is 282 Å². The maximum absolute atomic E-state index is 12.6. The summed E-state index contributed by atoms with van der Waals surface area (Å²) in [5, 5.41) is 7.11. The van der Waals surface area contributed by atoms with Crippen LogP contribution in [0.2, 0.25) is 0 Å². The molecular weight excluding hydrogens is 605 g/mol. The highest BCUT2D eigenvalue weighted by Gasteiger charge is 2.42. The van der Waals surface area contributed by atoms with Gasteiger partial charge in [0.15, 0.2) is 11.7 Å². The Balaban J connectivity index is 1.30. The fraction of sp³-hybridized carbons (Fsp3) is 0.237. The number of hydrogen-bond acceptors (Lipinski definition) is 5. The fourth-order valence-electron chi connectivity index (χ4n) is 6.40. The summed E-state index contributed by atoms with van der Waals surface area (Å²) in [5.41, 5.74) is 8.29. The topological polar surface area (TPSA) is 74.7 Å². The zero-order chi connectivity index (χ0) is 32.9. The lowest BCUT2D eigenvalue weighted by atomic mass is 9.96. The van der Waals surface area contributed by atoms with Crippen LogP contribution in [0.1, 0.15) is 48.6 Å². The first-order valence-electron chi connectivity index (χ1n) is 16.0. The lowest BCUT2D eigenvalue weighted by Gasteiger charge is -2.28. The molecule has 1 aliphatic heterocycles. The Bertz CT molecular complexity index is 1820. The number of hydrogen-bond donors (Lipinski definition) is 2. The second kappa shape index (κ2) is 14.1. The number of nitrogens with zero attached hydrogens (tertiary/aromatic N) is 4. The largest absolute Gasteiger partial charge is 0.484 e. The average Bonchev–Trinajstić information content (AvgIpc) is 3.60. The molecule has 0 aliphatic carbocycles. The van der Waals surface area contributed by atoms with Gasteiger partial charge in [-0.1, -0.05) is 24.3 Å². The maximum atomic E-state index is 12.6. The zero-order valence-electron chi connectivity index (χ0n) is 27.2. The summed E-state index contributed by atoms with van der Waals surface area (Å²) in [4.78, 5) is 21.8. The van der Waals surface area contributed by atoms with Crippen LogP contribution in [0, 0.1) is 13.8 Å². The number of thiocarbonyl (C=S) groups is 1. The van der Waals surface area contributed by atoms with Gasteiger partial charge in [0.25, 0.3) is 5.91 Å². The molecule has 0 unspecified atom stereocenters. The Hall–Kier alpha value is -5.15. The smallest absolute Gasteiger partial charge is 0.262 e. The minimum atomic E-state index is -0.231. The van der Waals surface area contributed by atoms with Gasteiger partial charge in [0.1, 0.15) is 5.75 Å². The summed E-state index contributed by atoms with van der Waals surface area (Å²) in [7, 11) is 0. The Morgan fingerprint density at radius 2 is 1.60 bits per heavy atom. The number of benzene rings is 3. The average molecular weight is 645 g/mol. The molecule has 47 heavy (non-hydrogen) atoms. The first-order valence-corrected chi connectivity index (χ1v) is 16.4. The van der Waals surface area contributed by atoms with Crippen LogP contribution in [-0.4, -0.2) is 40.3 Å². The molecule has 9 heteroatoms. The van der Waals surface area contributed by atoms with Crippen LogP contribution < -0.4 is 25.2 Å². The van der Waals surface area contributed by atoms with E-state index in [2.05, 4.69) is 83.0 Å². The molecule has 1 saturated heterocycles. The van der Waals surface area contributed by atoms with Gasteiger partial charge in [-0.05, 0) is 124 Å². The predicted molar refractivity (Wildman–Crippen MR) is 194 cm³/mol. The number of aromatic nitrogens is 2. The number of nitrogens with one attached hydrogen (secondary N) is 2. The number of pyridine rings is 1. The minimum absolute atomic E-state index is 0.0759. The third-order valence-corrected chi connectivity index (χ3v) is 8.98. The summed E-state index contributed by atoms with van der Waals surface area (Å²) >= 11 is 5.99. The monoisotopic (exact) mass is 644 g/mol. The fourth-order valence-corrected chi connectivity index (χ4v) is 6.75. The molecule has 5 aromatic rings. The summed E-state index contributed by atoms with van der Waals surface area (Å²) in [6.07, 6.45) is 1.82. The van der Waals surface area contributed by atoms with E-state index in [9.17, 15) is 4.79 Å². The number of ether oxygens (including phenoxy) is 1. The zero-order valence-corrected chi connectivity index (χ0v) is 28.0. The van der Waals surface area contributed by atoms with Crippen LogP contribution in [0.4, 0.5) is 17.1 Å². The molecule has 1 aliphatic rings. The molecular formula is C38H40N6O2S. The Morgan fingerprint density at radius 3 is 2.26 bits per heavy atom. The molecule has 0 bridgehead atoms. The summed E-state index contributed by atoms with van der Waals surface area (Å²) in [6.45, 7) is 10.5. The van der Waals surface area contributed by atoms with Crippen molar-refractivity contribution in [2.24, 2.45) is 0 Å². The Morgan fingerprint density at radius 1 is 0.915 bits per heavy atom. The first kappa shape index (κ1) is 31.8. The molecule has 2 atom stereocenters. The first-order chi connectivity index (χ1) is 22.9. The second-order valence-electron chi connectivity index (χ2n) is 11.5. The second-order valence-corrected chi connectivity index (χ2v) is 11.9. The molecule has 2 aromatic heterocycles. The number of para-hydroxylation sites is 1. The molecule has 3 heterocycles. The van der Waals surface area contributed by atoms with Crippen LogP contribution in [0.25, 0.3) is 5.69 Å². The number of carbonyl (C=O) groups excluding carboxylic acids is 1. The lowest BCUT2D eigenvalue weighted by Crippen LogP contribution is -2.29. The van der Waals surface area contributed by atoms with Gasteiger partial charge in [-0.2, -0.15) is 0 Å². The number of aryl methyl sites for hydroxylation is 1. The summed E-state index contributed by atoms with van der Waals surface area (Å²) in [6, 6.07) is 33.8. The van der Waals surface area contributed by atoms with E-state index < -0.39 is 0 Å². The Kier molecular flexibility index (Phi) is 9.54. The number of carbonyl (C=O) groups is 1. The molecule has 0 spiro atoms. The van der Waals surface area contributed by atoms with E-state index in [0.717, 1.165) is 47.1 Å². The molecule has 3 aromatic carbocycles. The van der Waals surface area contributed by atoms with Gasteiger partial charge in [-0.15, -0.1) is 0 Å². The highest BCUT2D eigenvalue weighted by atomic mass is 32.1. The summed E-state index contributed by atoms with van der Waals surface area (Å²) in [5.74, 6) is 0.420. The molecule has 2 N–H and O–H groups in total. The van der Waals surface area contributed by atoms with Crippen molar-refractivity contribution in [2.75, 3.05) is 34.8 Å². The molecule has 1 amide bonds. The highest BCUT2D eigenvalue weighted by molar-refractivity contribution is 7.80. The van der Waals surface area contributed by atoms with Crippen LogP contribution >= 0.6 is 12.2 Å². The van der Waals surface area contributed by atoms with E-state index in [4.69, 9.17) is 21.9 Å². The van der Waals surface area contributed by atoms with Gasteiger partial charge in [0.05, 0.1) is 17.8 Å². The normalized spacial score (nSPS) is 15.7. The number of amides is 1. The number of rotatable bonds is 11. The van der Waals surface area contributed by atoms with Crippen LogP contribution in [0.15, 0.2) is 109 Å². The van der Waals surface area contributed by atoms with Crippen molar-refractivity contribution in [3.63, 3.8) is 0 Å². The molecule has 240 valence electrons. The van der Waals surface area contributed by atoms with Gasteiger partial charge in [-0.25, -0.2) is 0 Å². The van der Waals surface area contributed by atoms with Crippen molar-refractivity contribution < 1.29 is 9.53 Å². The minimum Gasteiger partial charge on any atom is -0.484 e. The highest BCUT2D eigenvalue weighted by Crippen LogP contribution is 2.44. The molecule has 1 fully saturated rings. The molecule has 0 radical (unpaired) electrons. The molecule has 6 rings (SSSR count). The van der Waals surface area contributed by atoms with E-state index >= 15 is 0 Å². The maximum Gasteiger partial charge on any atom is 0.262 e. The predicted octanol–water partition coefficient (Wildman–Crippen LogP) is 7.53. The van der Waals surface area contributed by atoms with E-state index in [0.29, 0.717) is 16.5 Å². The SMILES string of the molecule is CCN(CC)c1ccc(-n2c(C)cc([C@H]3[C@@H](c4ccccn4)NC(=S)N3c3ccc(NC(=O)COc4ccccc4)cc3)c2C)cc1. The molecule has 8 nitrogen and oxygen atoms in total. The van der Waals surface area contributed by atoms with Crippen molar-refractivity contribution in [1.82, 2.24) is 14.9 Å². The summed E-state index contributed by atoms with van der Waals surface area (Å²) < 4.78 is 7.91. The van der Waals surface area contributed by atoms with Gasteiger partial charge in [-0.3, -0.25) is 9.78 Å². The van der Waals surface area contributed by atoms with E-state index in [-0.39, 0.29) is 24.6 Å². The van der Waals surface area contributed by atoms with Gasteiger partial charge >= 0.3 is 0 Å². The standard InChI is InChI=1S/C38H40N6O2S/c1-5-42(6-2)29-19-21-30(22-20-29)43-26(3)24-33(27(43)4)37-36(34-14-10-11-23-39-34)41-38(47)44(37)31-17-15-28(16-18-31)40-35(45)25-46-32-12-8-7-9-13-32/h7-24,36-37H,5-6,25H2,1-4H3,(H,40,45)(H,41,47)/t36-,37+/m1/s1. The van der Waals surface area contributed by atoms with Gasteiger partial charge < -0.3 is 29.7 Å². The van der Waals surface area contributed by atoms with E-state index in [1.54, 1.807) is 0 Å². The third kappa shape index (κ3) is 6.71. The van der Waals surface area contributed by atoms with Crippen molar-refractivity contribution in [3.05, 3.63) is 132 Å². The van der Waals surface area contributed by atoms with Gasteiger partial charge in [0.2, 0.25) is 0 Å². The van der Waals surface area contributed by atoms with Crippen molar-refractivity contribution in [3.8, 4) is 11.4 Å². The lowest BCUT2D eigenvalue weighted by molar-refractivity contribution is -0.118. The van der Waals surface area contributed by atoms with Crippen LogP contribution in [0.5, 0.6) is 5.75 Å². The van der Waals surface area contributed by atoms with Crippen molar-refractivity contribution in [1.29, 1.82) is 0 Å². The van der Waals surface area contributed by atoms with Gasteiger partial charge in [0, 0.05) is 53.4 Å². The number of anilines is 3. The molecule has 0 saturated carbocycles.